The van der Waals surface area contributed by atoms with Crippen LogP contribution in [-0.4, -0.2) is 10.8 Å². The van der Waals surface area contributed by atoms with E-state index in [4.69, 9.17) is 11.6 Å². The predicted molar refractivity (Wildman–Crippen MR) is 57.8 cm³/mol. The number of nitrogens with one attached hydrogen (secondary N) is 1. The van der Waals surface area contributed by atoms with E-state index in [0.717, 1.165) is 10.9 Å². The maximum Gasteiger partial charge on any atom is 0.187 e. The van der Waals surface area contributed by atoms with Gasteiger partial charge in [-0.15, -0.1) is 0 Å². The summed E-state index contributed by atoms with van der Waals surface area (Å²) in [5.41, 5.74) is 1.43. The van der Waals surface area contributed by atoms with Crippen LogP contribution in [-0.2, 0) is 0 Å². The lowest BCUT2D eigenvalue weighted by atomic mass is 10.1. The topological polar surface area (TPSA) is 32.9 Å². The molecule has 0 atom stereocenters. The molecule has 1 heterocycles. The highest BCUT2D eigenvalue weighted by molar-refractivity contribution is 6.37. The summed E-state index contributed by atoms with van der Waals surface area (Å²) in [6.45, 7) is 3.45. The number of fused-ring (bicyclic) bond motifs is 1. The van der Waals surface area contributed by atoms with Gasteiger partial charge in [0.25, 0.3) is 0 Å². The first-order valence-corrected chi connectivity index (χ1v) is 4.54. The summed E-state index contributed by atoms with van der Waals surface area (Å²) >= 11 is 6.00. The molecule has 1 N–H and O–H groups in total. The van der Waals surface area contributed by atoms with Gasteiger partial charge in [0.15, 0.2) is 5.78 Å². The Morgan fingerprint density at radius 1 is 1.50 bits per heavy atom. The Morgan fingerprint density at radius 2 is 2.29 bits per heavy atom. The average Bonchev–Trinajstić information content (AvgIpc) is 2.62. The molecule has 2 rings (SSSR count). The van der Waals surface area contributed by atoms with Gasteiger partial charge in [-0.05, 0) is 18.2 Å². The normalized spacial score (nSPS) is 10.4. The van der Waals surface area contributed by atoms with Crippen molar-refractivity contribution in [1.82, 2.24) is 4.98 Å². The van der Waals surface area contributed by atoms with Crippen molar-refractivity contribution in [3.05, 3.63) is 47.6 Å². The summed E-state index contributed by atoms with van der Waals surface area (Å²) in [7, 11) is 0. The van der Waals surface area contributed by atoms with E-state index in [1.165, 1.54) is 6.08 Å². The molecule has 0 unspecified atom stereocenters. The number of hydrogen-bond acceptors (Lipinski definition) is 1. The van der Waals surface area contributed by atoms with Crippen molar-refractivity contribution in [2.24, 2.45) is 0 Å². The third-order valence-corrected chi connectivity index (χ3v) is 2.42. The zero-order valence-corrected chi connectivity index (χ0v) is 8.14. The summed E-state index contributed by atoms with van der Waals surface area (Å²) in [6, 6.07) is 5.47. The molecule has 70 valence electrons. The van der Waals surface area contributed by atoms with Crippen molar-refractivity contribution in [1.29, 1.82) is 0 Å². The highest BCUT2D eigenvalue weighted by Gasteiger charge is 2.11. The quantitative estimate of drug-likeness (QED) is 0.593. The van der Waals surface area contributed by atoms with Crippen molar-refractivity contribution < 1.29 is 4.79 Å². The fourth-order valence-electron chi connectivity index (χ4n) is 1.44. The molecule has 0 aliphatic rings. The van der Waals surface area contributed by atoms with Crippen LogP contribution in [0.25, 0.3) is 10.9 Å². The van der Waals surface area contributed by atoms with E-state index in [1.807, 2.05) is 12.1 Å². The molecule has 0 bridgehead atoms. The van der Waals surface area contributed by atoms with Crippen LogP contribution >= 0.6 is 11.6 Å². The van der Waals surface area contributed by atoms with E-state index >= 15 is 0 Å². The van der Waals surface area contributed by atoms with Crippen LogP contribution in [0.2, 0.25) is 5.02 Å². The van der Waals surface area contributed by atoms with Gasteiger partial charge in [-0.1, -0.05) is 24.2 Å². The van der Waals surface area contributed by atoms with E-state index in [-0.39, 0.29) is 5.78 Å². The molecule has 0 aliphatic heterocycles. The molecule has 1 aromatic heterocycles. The third-order valence-electron chi connectivity index (χ3n) is 2.11. The fourth-order valence-corrected chi connectivity index (χ4v) is 1.72. The Labute approximate surface area is 86.2 Å². The third kappa shape index (κ3) is 1.24. The first-order chi connectivity index (χ1) is 6.74. The number of carbonyl (C=O) groups is 1. The lowest BCUT2D eigenvalue weighted by Crippen LogP contribution is -1.91. The van der Waals surface area contributed by atoms with Crippen LogP contribution in [0.4, 0.5) is 0 Å². The van der Waals surface area contributed by atoms with Crippen molar-refractivity contribution in [3.63, 3.8) is 0 Å². The van der Waals surface area contributed by atoms with E-state index in [1.54, 1.807) is 12.3 Å². The molecule has 14 heavy (non-hydrogen) atoms. The van der Waals surface area contributed by atoms with E-state index < -0.39 is 0 Å². The lowest BCUT2D eigenvalue weighted by molar-refractivity contribution is 0.104. The Kier molecular flexibility index (Phi) is 2.14. The maximum absolute atomic E-state index is 11.4. The lowest BCUT2D eigenvalue weighted by Gasteiger charge is -1.95. The molecule has 0 fully saturated rings. The molecule has 2 nitrogen and oxygen atoms in total. The smallest absolute Gasteiger partial charge is 0.187 e. The van der Waals surface area contributed by atoms with Gasteiger partial charge in [-0.3, -0.25) is 4.79 Å². The van der Waals surface area contributed by atoms with Crippen LogP contribution in [0.15, 0.2) is 37.1 Å². The summed E-state index contributed by atoms with van der Waals surface area (Å²) in [6.07, 6.45) is 2.94. The molecular formula is C11H8ClNO. The molecular weight excluding hydrogens is 198 g/mol. The molecule has 0 amide bonds. The Bertz CT molecular complexity index is 513. The number of carbonyl (C=O) groups excluding carboxylic acids is 1. The Hall–Kier alpha value is -1.54. The van der Waals surface area contributed by atoms with Gasteiger partial charge in [-0.25, -0.2) is 0 Å². The van der Waals surface area contributed by atoms with Gasteiger partial charge in [-0.2, -0.15) is 0 Å². The second-order valence-electron chi connectivity index (χ2n) is 2.93. The maximum atomic E-state index is 11.4. The zero-order chi connectivity index (χ0) is 10.1. The number of halogens is 1. The second kappa shape index (κ2) is 3.31. The standard InChI is InChI=1S/C11H8ClNO/c1-2-10(14)7-6-13-9-5-3-4-8(12)11(7)9/h2-6,13H,1H2. The van der Waals surface area contributed by atoms with Gasteiger partial charge in [0, 0.05) is 22.7 Å². The molecule has 0 radical (unpaired) electrons. The van der Waals surface area contributed by atoms with Crippen LogP contribution in [0, 0.1) is 0 Å². The van der Waals surface area contributed by atoms with Gasteiger partial charge >= 0.3 is 0 Å². The molecule has 3 heteroatoms. The summed E-state index contributed by atoms with van der Waals surface area (Å²) < 4.78 is 0. The van der Waals surface area contributed by atoms with Crippen molar-refractivity contribution in [2.75, 3.05) is 0 Å². The average molecular weight is 206 g/mol. The van der Waals surface area contributed by atoms with E-state index in [2.05, 4.69) is 11.6 Å². The fraction of sp³-hybridized carbons (Fsp3) is 0. The number of benzene rings is 1. The van der Waals surface area contributed by atoms with Gasteiger partial charge in [0.2, 0.25) is 0 Å². The number of rotatable bonds is 2. The second-order valence-corrected chi connectivity index (χ2v) is 3.34. The van der Waals surface area contributed by atoms with Crippen LogP contribution in [0.1, 0.15) is 10.4 Å². The monoisotopic (exact) mass is 205 g/mol. The number of aromatic nitrogens is 1. The minimum Gasteiger partial charge on any atom is -0.360 e. The molecule has 0 spiro atoms. The van der Waals surface area contributed by atoms with Gasteiger partial charge in [0.1, 0.15) is 0 Å². The highest BCUT2D eigenvalue weighted by atomic mass is 35.5. The van der Waals surface area contributed by atoms with Crippen molar-refractivity contribution >= 4 is 28.3 Å². The predicted octanol–water partition coefficient (Wildman–Crippen LogP) is 3.19. The van der Waals surface area contributed by atoms with Crippen LogP contribution in [0.5, 0.6) is 0 Å². The first-order valence-electron chi connectivity index (χ1n) is 4.16. The molecule has 0 saturated carbocycles. The number of ketones is 1. The van der Waals surface area contributed by atoms with Crippen LogP contribution < -0.4 is 0 Å². The summed E-state index contributed by atoms with van der Waals surface area (Å²) in [4.78, 5) is 14.4. The van der Waals surface area contributed by atoms with Crippen molar-refractivity contribution in [2.45, 2.75) is 0 Å². The zero-order valence-electron chi connectivity index (χ0n) is 7.38. The number of aromatic amines is 1. The molecule has 2 aromatic rings. The molecule has 0 aliphatic carbocycles. The largest absolute Gasteiger partial charge is 0.360 e. The Morgan fingerprint density at radius 3 is 3.00 bits per heavy atom. The summed E-state index contributed by atoms with van der Waals surface area (Å²) in [5, 5.41) is 1.34. The highest BCUT2D eigenvalue weighted by Crippen LogP contribution is 2.26. The van der Waals surface area contributed by atoms with Crippen molar-refractivity contribution in [3.8, 4) is 0 Å². The Balaban J connectivity index is 2.79. The van der Waals surface area contributed by atoms with Gasteiger partial charge < -0.3 is 4.98 Å². The minimum absolute atomic E-state index is 0.121. The van der Waals surface area contributed by atoms with E-state index in [9.17, 15) is 4.79 Å². The van der Waals surface area contributed by atoms with Crippen LogP contribution in [0.3, 0.4) is 0 Å². The summed E-state index contributed by atoms with van der Waals surface area (Å²) in [5.74, 6) is -0.121. The molecule has 0 saturated heterocycles. The van der Waals surface area contributed by atoms with E-state index in [0.29, 0.717) is 10.6 Å². The first kappa shape index (κ1) is 9.03. The minimum atomic E-state index is -0.121. The van der Waals surface area contributed by atoms with Gasteiger partial charge in [0.05, 0.1) is 5.02 Å². The molecule has 1 aromatic carbocycles. The number of hydrogen-bond donors (Lipinski definition) is 1. The SMILES string of the molecule is C=CC(=O)c1c[nH]c2cccc(Cl)c12. The number of allylic oxidation sites excluding steroid dienone is 1. The number of H-pyrrole nitrogens is 1.